The molecule has 2 aliphatic rings. The summed E-state index contributed by atoms with van der Waals surface area (Å²) in [4.78, 5) is 34.5. The van der Waals surface area contributed by atoms with E-state index >= 15 is 0 Å². The molecule has 166 valence electrons. The molecule has 0 atom stereocenters. The topological polar surface area (TPSA) is 125 Å². The van der Waals surface area contributed by atoms with Gasteiger partial charge in [0.05, 0.1) is 11.9 Å². The first-order chi connectivity index (χ1) is 15.7. The van der Waals surface area contributed by atoms with Crippen LogP contribution in [0.2, 0.25) is 0 Å². The fourth-order valence-corrected chi connectivity index (χ4v) is 4.22. The first-order valence-electron chi connectivity index (χ1n) is 11.1. The number of piperazine rings is 1. The van der Waals surface area contributed by atoms with Gasteiger partial charge < -0.3 is 26.2 Å². The summed E-state index contributed by atoms with van der Waals surface area (Å²) in [6, 6.07) is 5.64. The molecule has 0 aromatic carbocycles. The Hall–Kier alpha value is -3.53. The maximum atomic E-state index is 11.8. The lowest BCUT2D eigenvalue weighted by Gasteiger charge is -2.29. The number of hydrogen-bond donors (Lipinski definition) is 3. The van der Waals surface area contributed by atoms with Crippen LogP contribution >= 0.6 is 0 Å². The van der Waals surface area contributed by atoms with Crippen LogP contribution in [-0.2, 0) is 0 Å². The fourth-order valence-electron chi connectivity index (χ4n) is 4.22. The van der Waals surface area contributed by atoms with Crippen molar-refractivity contribution in [3.05, 3.63) is 36.3 Å². The number of rotatable bonds is 5. The fraction of sp³-hybridized carbons (Fsp3) is 0.409. The molecule has 10 heteroatoms. The van der Waals surface area contributed by atoms with E-state index < -0.39 is 5.91 Å². The summed E-state index contributed by atoms with van der Waals surface area (Å²) in [7, 11) is 0. The number of nitrogens with one attached hydrogen (secondary N) is 2. The third-order valence-corrected chi connectivity index (χ3v) is 5.93. The van der Waals surface area contributed by atoms with E-state index in [0.29, 0.717) is 23.1 Å². The second-order valence-corrected chi connectivity index (χ2v) is 8.14. The Labute approximate surface area is 186 Å². The number of aromatic nitrogens is 4. The van der Waals surface area contributed by atoms with Gasteiger partial charge >= 0.3 is 0 Å². The maximum absolute atomic E-state index is 11.8. The minimum Gasteiger partial charge on any atom is -0.368 e. The zero-order valence-corrected chi connectivity index (χ0v) is 17.9. The van der Waals surface area contributed by atoms with E-state index in [1.54, 1.807) is 12.3 Å². The van der Waals surface area contributed by atoms with Crippen molar-refractivity contribution >= 4 is 40.1 Å². The molecule has 5 rings (SSSR count). The molecule has 0 aliphatic carbocycles. The van der Waals surface area contributed by atoms with Gasteiger partial charge in [-0.25, -0.2) is 19.9 Å². The molecule has 32 heavy (non-hydrogen) atoms. The molecule has 1 amide bonds. The van der Waals surface area contributed by atoms with Crippen LogP contribution in [0.25, 0.3) is 10.9 Å². The van der Waals surface area contributed by atoms with Crippen molar-refractivity contribution in [2.45, 2.75) is 19.3 Å². The first-order valence-corrected chi connectivity index (χ1v) is 11.1. The summed E-state index contributed by atoms with van der Waals surface area (Å²) in [6.07, 6.45) is 6.93. The highest BCUT2D eigenvalue weighted by molar-refractivity contribution is 5.98. The van der Waals surface area contributed by atoms with Crippen molar-refractivity contribution in [2.75, 3.05) is 54.4 Å². The van der Waals surface area contributed by atoms with E-state index in [1.807, 2.05) is 12.3 Å². The van der Waals surface area contributed by atoms with Crippen LogP contribution < -0.4 is 26.2 Å². The van der Waals surface area contributed by atoms with Crippen molar-refractivity contribution in [2.24, 2.45) is 5.73 Å². The molecule has 3 aromatic heterocycles. The van der Waals surface area contributed by atoms with E-state index in [-0.39, 0.29) is 5.69 Å². The Morgan fingerprint density at radius 2 is 1.78 bits per heavy atom. The molecule has 0 bridgehead atoms. The predicted molar refractivity (Wildman–Crippen MR) is 125 cm³/mol. The first kappa shape index (κ1) is 20.4. The Morgan fingerprint density at radius 1 is 0.969 bits per heavy atom. The van der Waals surface area contributed by atoms with Crippen LogP contribution in [0.15, 0.2) is 30.6 Å². The number of primary amides is 1. The van der Waals surface area contributed by atoms with Crippen LogP contribution in [0.4, 0.5) is 23.3 Å². The largest absolute Gasteiger partial charge is 0.368 e. The number of carbonyl (C=O) groups is 1. The van der Waals surface area contributed by atoms with Crippen molar-refractivity contribution in [3.63, 3.8) is 0 Å². The third-order valence-electron chi connectivity index (χ3n) is 5.93. The number of amides is 1. The predicted octanol–water partition coefficient (Wildman–Crippen LogP) is 1.66. The highest BCUT2D eigenvalue weighted by atomic mass is 16.1. The average molecular weight is 434 g/mol. The van der Waals surface area contributed by atoms with Crippen molar-refractivity contribution in [1.29, 1.82) is 0 Å². The third kappa shape index (κ3) is 4.26. The smallest absolute Gasteiger partial charge is 0.267 e. The summed E-state index contributed by atoms with van der Waals surface area (Å²) < 4.78 is 0. The summed E-state index contributed by atoms with van der Waals surface area (Å²) in [5.74, 6) is 1.24. The van der Waals surface area contributed by atoms with E-state index in [4.69, 9.17) is 10.7 Å². The molecule has 2 aliphatic heterocycles. The normalized spacial score (nSPS) is 16.9. The number of pyridine rings is 2. The number of piperidine rings is 1. The van der Waals surface area contributed by atoms with Crippen LogP contribution in [0, 0.1) is 0 Å². The minimum absolute atomic E-state index is 0.229. The van der Waals surface area contributed by atoms with Crippen LogP contribution in [0.1, 0.15) is 29.8 Å². The molecule has 0 unspecified atom stereocenters. The molecule has 5 heterocycles. The SMILES string of the molecule is NC(=O)c1cc2cnc(Nc3ccc(N4CCNCC4)cn3)nc2c(N2CCCCC2)n1. The molecule has 2 saturated heterocycles. The lowest BCUT2D eigenvalue weighted by atomic mass is 10.1. The number of nitrogens with zero attached hydrogens (tertiary/aromatic N) is 6. The number of anilines is 4. The van der Waals surface area contributed by atoms with Gasteiger partial charge in [-0.2, -0.15) is 0 Å². The second-order valence-electron chi connectivity index (χ2n) is 8.14. The molecular weight excluding hydrogens is 406 g/mol. The van der Waals surface area contributed by atoms with Crippen LogP contribution in [0.5, 0.6) is 0 Å². The van der Waals surface area contributed by atoms with Gasteiger partial charge in [0.15, 0.2) is 5.82 Å². The number of carbonyl (C=O) groups excluding carboxylic acids is 1. The molecule has 0 radical (unpaired) electrons. The van der Waals surface area contributed by atoms with Crippen molar-refractivity contribution in [1.82, 2.24) is 25.3 Å². The monoisotopic (exact) mass is 433 g/mol. The standard InChI is InChI=1S/C22H27N9O/c23-20(32)17-12-15-13-26-22(29-19(15)21(27-17)31-8-2-1-3-9-31)28-18-5-4-16(14-25-18)30-10-6-24-7-11-30/h4-5,12-14,24H,1-3,6-11H2,(H2,23,32)(H,25,26,28,29). The lowest BCUT2D eigenvalue weighted by molar-refractivity contribution is 0.0996. The van der Waals surface area contributed by atoms with E-state index in [0.717, 1.165) is 63.2 Å². The van der Waals surface area contributed by atoms with Gasteiger partial charge in [0.1, 0.15) is 17.0 Å². The van der Waals surface area contributed by atoms with Crippen molar-refractivity contribution < 1.29 is 4.79 Å². The van der Waals surface area contributed by atoms with Gasteiger partial charge in [-0.1, -0.05) is 0 Å². The highest BCUT2D eigenvalue weighted by Crippen LogP contribution is 2.28. The lowest BCUT2D eigenvalue weighted by Crippen LogP contribution is -2.43. The van der Waals surface area contributed by atoms with Gasteiger partial charge in [0.25, 0.3) is 5.91 Å². The summed E-state index contributed by atoms with van der Waals surface area (Å²) >= 11 is 0. The van der Waals surface area contributed by atoms with Crippen LogP contribution in [0.3, 0.4) is 0 Å². The van der Waals surface area contributed by atoms with E-state index in [9.17, 15) is 4.79 Å². The Morgan fingerprint density at radius 3 is 2.50 bits per heavy atom. The number of nitrogens with two attached hydrogens (primary N) is 1. The van der Waals surface area contributed by atoms with E-state index in [2.05, 4.69) is 41.5 Å². The zero-order valence-electron chi connectivity index (χ0n) is 17.9. The quantitative estimate of drug-likeness (QED) is 0.551. The minimum atomic E-state index is -0.555. The molecule has 3 aromatic rings. The number of fused-ring (bicyclic) bond motifs is 1. The molecule has 0 spiro atoms. The number of hydrogen-bond acceptors (Lipinski definition) is 9. The van der Waals surface area contributed by atoms with Gasteiger partial charge in [-0.15, -0.1) is 0 Å². The van der Waals surface area contributed by atoms with Crippen LogP contribution in [-0.4, -0.2) is 65.1 Å². The molecular formula is C22H27N9O. The molecule has 0 saturated carbocycles. The second kappa shape index (κ2) is 8.91. The maximum Gasteiger partial charge on any atom is 0.267 e. The summed E-state index contributed by atoms with van der Waals surface area (Å²) in [5, 5.41) is 7.29. The van der Waals surface area contributed by atoms with Crippen molar-refractivity contribution in [3.8, 4) is 0 Å². The van der Waals surface area contributed by atoms with Gasteiger partial charge in [0, 0.05) is 50.9 Å². The summed E-state index contributed by atoms with van der Waals surface area (Å²) in [6.45, 7) is 5.67. The average Bonchev–Trinajstić information content (AvgIpc) is 2.85. The Kier molecular flexibility index (Phi) is 5.68. The zero-order chi connectivity index (χ0) is 21.9. The Bertz CT molecular complexity index is 1110. The van der Waals surface area contributed by atoms with Gasteiger partial charge in [-0.05, 0) is 37.5 Å². The van der Waals surface area contributed by atoms with E-state index in [1.165, 1.54) is 6.42 Å². The van der Waals surface area contributed by atoms with Gasteiger partial charge in [0.2, 0.25) is 5.95 Å². The molecule has 4 N–H and O–H groups in total. The van der Waals surface area contributed by atoms with Gasteiger partial charge in [-0.3, -0.25) is 4.79 Å². The molecule has 2 fully saturated rings. The Balaban J connectivity index is 1.43. The highest BCUT2D eigenvalue weighted by Gasteiger charge is 2.19. The molecule has 10 nitrogen and oxygen atoms in total. The summed E-state index contributed by atoms with van der Waals surface area (Å²) in [5.41, 5.74) is 7.55.